The Morgan fingerprint density at radius 3 is 2.77 bits per heavy atom. The Morgan fingerprint density at radius 2 is 2.13 bits per heavy atom. The summed E-state index contributed by atoms with van der Waals surface area (Å²) in [7, 11) is -3.50. The molecule has 1 aromatic heterocycles. The third-order valence-corrected chi connectivity index (χ3v) is 8.22. The van der Waals surface area contributed by atoms with Crippen molar-refractivity contribution in [1.82, 2.24) is 14.6 Å². The molecule has 1 amide bonds. The van der Waals surface area contributed by atoms with Crippen molar-refractivity contribution in [1.29, 1.82) is 0 Å². The van der Waals surface area contributed by atoms with Gasteiger partial charge in [-0.05, 0) is 19.1 Å². The predicted molar refractivity (Wildman–Crippen MR) is 113 cm³/mol. The van der Waals surface area contributed by atoms with Crippen LogP contribution >= 0.6 is 23.1 Å². The average Bonchev–Trinajstić information content (AvgIpc) is 3.13. The zero-order valence-electron chi connectivity index (χ0n) is 16.1. The molecule has 0 atom stereocenters. The maximum absolute atomic E-state index is 12.4. The molecule has 1 aliphatic heterocycles. The number of nitro benzene ring substituents is 1. The number of nitrogens with zero attached hydrogens (tertiary/aromatic N) is 3. The molecule has 10 nitrogen and oxygen atoms in total. The van der Waals surface area contributed by atoms with Crippen LogP contribution in [-0.2, 0) is 14.8 Å². The maximum Gasteiger partial charge on any atom is 0.284 e. The number of hydrogen-bond acceptors (Lipinski definition) is 9. The Labute approximate surface area is 181 Å². The van der Waals surface area contributed by atoms with Gasteiger partial charge in [0.25, 0.3) is 11.6 Å². The van der Waals surface area contributed by atoms with Gasteiger partial charge in [-0.1, -0.05) is 11.8 Å². The molecule has 0 spiro atoms. The first kappa shape index (κ1) is 22.6. The number of nitrogens with one attached hydrogen (secondary N) is 1. The summed E-state index contributed by atoms with van der Waals surface area (Å²) in [6, 6.07) is 4.16. The van der Waals surface area contributed by atoms with Crippen molar-refractivity contribution in [3.63, 3.8) is 0 Å². The topological polar surface area (TPSA) is 132 Å². The highest BCUT2D eigenvalue weighted by atomic mass is 32.2. The summed E-state index contributed by atoms with van der Waals surface area (Å²) in [6.07, 6.45) is 0. The Kier molecular flexibility index (Phi) is 7.41. The molecule has 3 rings (SSSR count). The molecule has 1 N–H and O–H groups in total. The Morgan fingerprint density at radius 1 is 1.40 bits per heavy atom. The van der Waals surface area contributed by atoms with Gasteiger partial charge in [0.05, 0.1) is 28.8 Å². The van der Waals surface area contributed by atoms with E-state index in [-0.39, 0.29) is 23.5 Å². The van der Waals surface area contributed by atoms with E-state index < -0.39 is 20.9 Å². The lowest BCUT2D eigenvalue weighted by Crippen LogP contribution is -2.43. The van der Waals surface area contributed by atoms with Crippen molar-refractivity contribution in [2.24, 2.45) is 0 Å². The molecule has 0 aliphatic carbocycles. The Balaban J connectivity index is 1.64. The number of morpholine rings is 1. The van der Waals surface area contributed by atoms with Crippen molar-refractivity contribution in [3.05, 3.63) is 45.0 Å². The van der Waals surface area contributed by atoms with Crippen LogP contribution in [0.15, 0.2) is 32.8 Å². The van der Waals surface area contributed by atoms with Gasteiger partial charge in [-0.2, -0.15) is 4.31 Å². The minimum absolute atomic E-state index is 0.0881. The molecule has 2 aromatic rings. The molecule has 2 heterocycles. The molecule has 0 bridgehead atoms. The van der Waals surface area contributed by atoms with Gasteiger partial charge in [-0.25, -0.2) is 13.4 Å². The van der Waals surface area contributed by atoms with Crippen LogP contribution in [0.2, 0.25) is 0 Å². The van der Waals surface area contributed by atoms with Gasteiger partial charge < -0.3 is 10.1 Å². The number of benzene rings is 1. The van der Waals surface area contributed by atoms with Crippen molar-refractivity contribution in [2.75, 3.05) is 38.6 Å². The number of nitro groups is 1. The van der Waals surface area contributed by atoms with E-state index in [2.05, 4.69) is 10.3 Å². The second kappa shape index (κ2) is 9.83. The van der Waals surface area contributed by atoms with Gasteiger partial charge in [-0.15, -0.1) is 11.3 Å². The smallest absolute Gasteiger partial charge is 0.284 e. The largest absolute Gasteiger partial charge is 0.379 e. The second-order valence-electron chi connectivity index (χ2n) is 6.38. The fourth-order valence-corrected chi connectivity index (χ4v) is 5.91. The van der Waals surface area contributed by atoms with Crippen LogP contribution in [0.3, 0.4) is 0 Å². The number of rotatable bonds is 8. The lowest BCUT2D eigenvalue weighted by molar-refractivity contribution is -0.387. The van der Waals surface area contributed by atoms with E-state index in [4.69, 9.17) is 4.74 Å². The molecule has 162 valence electrons. The van der Waals surface area contributed by atoms with E-state index in [0.717, 1.165) is 17.5 Å². The standard InChI is InChI=1S/C17H20N4O6S3/c1-12-11-28-17(19-12)29-15-3-2-13(10-14(15)21(23)24)16(22)18-4-9-30(25,26)20-5-7-27-8-6-20/h2-3,10-11H,4-9H2,1H3,(H,18,22). The molecular weight excluding hydrogens is 452 g/mol. The molecular formula is C17H20N4O6S3. The number of ether oxygens (including phenoxy) is 1. The van der Waals surface area contributed by atoms with E-state index in [1.54, 1.807) is 0 Å². The molecule has 13 heteroatoms. The Hall–Kier alpha value is -2.06. The molecule has 1 saturated heterocycles. The third kappa shape index (κ3) is 5.76. The van der Waals surface area contributed by atoms with E-state index in [0.29, 0.717) is 35.5 Å². The fraction of sp³-hybridized carbons (Fsp3) is 0.412. The fourth-order valence-electron chi connectivity index (χ4n) is 2.71. The first-order valence-corrected chi connectivity index (χ1v) is 12.3. The predicted octanol–water partition coefficient (Wildman–Crippen LogP) is 1.90. The van der Waals surface area contributed by atoms with Gasteiger partial charge in [0.15, 0.2) is 4.34 Å². The van der Waals surface area contributed by atoms with Gasteiger partial charge in [0.1, 0.15) is 0 Å². The highest BCUT2D eigenvalue weighted by Gasteiger charge is 2.24. The third-order valence-electron chi connectivity index (χ3n) is 4.22. The maximum atomic E-state index is 12.4. The van der Waals surface area contributed by atoms with Crippen LogP contribution in [0.4, 0.5) is 5.69 Å². The van der Waals surface area contributed by atoms with E-state index in [1.807, 2.05) is 12.3 Å². The molecule has 0 saturated carbocycles. The van der Waals surface area contributed by atoms with Crippen LogP contribution in [-0.4, -0.2) is 67.1 Å². The van der Waals surface area contributed by atoms with Crippen LogP contribution in [0.1, 0.15) is 16.1 Å². The number of hydrogen-bond donors (Lipinski definition) is 1. The highest BCUT2D eigenvalue weighted by molar-refractivity contribution is 8.01. The normalized spacial score (nSPS) is 15.1. The summed E-state index contributed by atoms with van der Waals surface area (Å²) in [5.41, 5.74) is 0.708. The number of sulfonamides is 1. The Bertz CT molecular complexity index is 1030. The van der Waals surface area contributed by atoms with Gasteiger partial charge >= 0.3 is 0 Å². The average molecular weight is 473 g/mol. The number of aromatic nitrogens is 1. The molecule has 1 fully saturated rings. The molecule has 1 aliphatic rings. The van der Waals surface area contributed by atoms with Crippen molar-refractivity contribution in [3.8, 4) is 0 Å². The van der Waals surface area contributed by atoms with Gasteiger partial charge in [0.2, 0.25) is 10.0 Å². The first-order chi connectivity index (χ1) is 14.3. The summed E-state index contributed by atoms with van der Waals surface area (Å²) in [6.45, 7) is 3.02. The number of amides is 1. The van der Waals surface area contributed by atoms with Crippen LogP contribution < -0.4 is 5.32 Å². The van der Waals surface area contributed by atoms with Crippen molar-refractivity contribution < 1.29 is 22.9 Å². The number of aryl methyl sites for hydroxylation is 1. The lowest BCUT2D eigenvalue weighted by Gasteiger charge is -2.26. The first-order valence-electron chi connectivity index (χ1n) is 8.98. The van der Waals surface area contributed by atoms with Gasteiger partial charge in [-0.3, -0.25) is 14.9 Å². The minimum atomic E-state index is -3.50. The minimum Gasteiger partial charge on any atom is -0.379 e. The monoisotopic (exact) mass is 472 g/mol. The molecule has 1 aromatic carbocycles. The number of thiazole rings is 1. The zero-order valence-corrected chi connectivity index (χ0v) is 18.5. The lowest BCUT2D eigenvalue weighted by atomic mass is 10.2. The van der Waals surface area contributed by atoms with E-state index in [1.165, 1.54) is 33.8 Å². The summed E-state index contributed by atoms with van der Waals surface area (Å²) in [4.78, 5) is 27.9. The van der Waals surface area contributed by atoms with E-state index in [9.17, 15) is 23.3 Å². The summed E-state index contributed by atoms with van der Waals surface area (Å²) in [5, 5.41) is 15.8. The van der Waals surface area contributed by atoms with Gasteiger partial charge in [0, 0.05) is 42.3 Å². The number of carbonyl (C=O) groups is 1. The molecule has 0 unspecified atom stereocenters. The quantitative estimate of drug-likeness (QED) is 0.455. The summed E-state index contributed by atoms with van der Waals surface area (Å²) >= 11 is 2.54. The van der Waals surface area contributed by atoms with Crippen molar-refractivity contribution in [2.45, 2.75) is 16.2 Å². The SMILES string of the molecule is Cc1csc(Sc2ccc(C(=O)NCCS(=O)(=O)N3CCOCC3)cc2[N+](=O)[O-])n1. The number of carbonyl (C=O) groups excluding carboxylic acids is 1. The molecule has 0 radical (unpaired) electrons. The summed E-state index contributed by atoms with van der Waals surface area (Å²) in [5.74, 6) is -0.824. The molecule has 30 heavy (non-hydrogen) atoms. The zero-order chi connectivity index (χ0) is 21.7. The van der Waals surface area contributed by atoms with Crippen molar-refractivity contribution >= 4 is 44.7 Å². The van der Waals surface area contributed by atoms with Crippen LogP contribution in [0.5, 0.6) is 0 Å². The second-order valence-corrected chi connectivity index (χ2v) is 10.6. The van der Waals surface area contributed by atoms with Crippen LogP contribution in [0.25, 0.3) is 0 Å². The summed E-state index contributed by atoms with van der Waals surface area (Å²) < 4.78 is 31.7. The van der Waals surface area contributed by atoms with E-state index >= 15 is 0 Å². The van der Waals surface area contributed by atoms with Crippen LogP contribution in [0, 0.1) is 17.0 Å². The highest BCUT2D eigenvalue weighted by Crippen LogP contribution is 2.36.